The Morgan fingerprint density at radius 1 is 1.37 bits per heavy atom. The van der Waals surface area contributed by atoms with Gasteiger partial charge in [-0.1, -0.05) is 6.07 Å². The fourth-order valence-corrected chi connectivity index (χ4v) is 3.11. The highest BCUT2D eigenvalue weighted by Gasteiger charge is 2.63. The topological polar surface area (TPSA) is 175 Å². The van der Waals surface area contributed by atoms with Crippen LogP contribution in [0.5, 0.6) is 11.5 Å². The number of amides is 1. The van der Waals surface area contributed by atoms with Crippen LogP contribution in [0.15, 0.2) is 24.3 Å². The standard InChI is InChI=1S/C18H24FNO10/c1-9(22)20-15-14(13(24)12(23)7-21)30-18(16(25)26,8-17(15,19)27)29-11-5-3-4-10(6-11)28-2/h3-6,12-15,21,23-24,27H,7-8H2,1-2H3,(H,20,22)(H,25,26)/t12-,13-,14+,15+,17+,18+/m1/s1. The quantitative estimate of drug-likeness (QED) is 0.284. The molecule has 12 heteroatoms. The van der Waals surface area contributed by atoms with E-state index in [0.29, 0.717) is 0 Å². The minimum absolute atomic E-state index is 0.124. The van der Waals surface area contributed by atoms with E-state index in [0.717, 1.165) is 6.92 Å². The Labute approximate surface area is 170 Å². The van der Waals surface area contributed by atoms with Crippen molar-refractivity contribution in [3.05, 3.63) is 24.3 Å². The first-order valence-corrected chi connectivity index (χ1v) is 8.85. The molecule has 1 amide bonds. The molecular formula is C18H24FNO10. The SMILES string of the molecule is COc1cccc(O[C@@]2(C(=O)O)C[C@@](O)(F)[C@@H](NC(C)=O)[C@H]([C@H](O)[C@H](O)CO)O2)c1. The fourth-order valence-electron chi connectivity index (χ4n) is 3.11. The molecule has 0 radical (unpaired) electrons. The first-order chi connectivity index (χ1) is 14.0. The van der Waals surface area contributed by atoms with Gasteiger partial charge in [-0.05, 0) is 12.1 Å². The van der Waals surface area contributed by atoms with Crippen LogP contribution >= 0.6 is 0 Å². The van der Waals surface area contributed by atoms with Crippen molar-refractivity contribution in [3.8, 4) is 11.5 Å². The summed E-state index contributed by atoms with van der Waals surface area (Å²) in [5.41, 5.74) is 0. The first-order valence-electron chi connectivity index (χ1n) is 8.85. The number of carbonyl (C=O) groups excluding carboxylic acids is 1. The van der Waals surface area contributed by atoms with Crippen molar-refractivity contribution in [1.29, 1.82) is 0 Å². The van der Waals surface area contributed by atoms with Crippen LogP contribution < -0.4 is 14.8 Å². The molecule has 11 nitrogen and oxygen atoms in total. The number of carboxylic acids is 1. The molecule has 0 aromatic heterocycles. The summed E-state index contributed by atoms with van der Waals surface area (Å²) in [7, 11) is 1.35. The monoisotopic (exact) mass is 433 g/mol. The lowest BCUT2D eigenvalue weighted by Gasteiger charge is -2.48. The van der Waals surface area contributed by atoms with Crippen LogP contribution in [0, 0.1) is 0 Å². The molecule has 1 heterocycles. The highest BCUT2D eigenvalue weighted by molar-refractivity contribution is 5.77. The number of alkyl halides is 1. The van der Waals surface area contributed by atoms with Crippen LogP contribution in [0.1, 0.15) is 13.3 Å². The number of halogens is 1. The van der Waals surface area contributed by atoms with Crippen molar-refractivity contribution in [2.24, 2.45) is 0 Å². The molecule has 2 rings (SSSR count). The average molecular weight is 433 g/mol. The highest BCUT2D eigenvalue weighted by Crippen LogP contribution is 2.41. The zero-order valence-corrected chi connectivity index (χ0v) is 16.2. The highest BCUT2D eigenvalue weighted by atomic mass is 19.2. The molecule has 30 heavy (non-hydrogen) atoms. The molecule has 1 aromatic rings. The van der Waals surface area contributed by atoms with Gasteiger partial charge in [0.1, 0.15) is 35.9 Å². The number of carboxylic acid groups (broad SMARTS) is 1. The van der Waals surface area contributed by atoms with Crippen molar-refractivity contribution >= 4 is 11.9 Å². The van der Waals surface area contributed by atoms with E-state index in [1.807, 2.05) is 5.32 Å². The summed E-state index contributed by atoms with van der Waals surface area (Å²) in [5, 5.41) is 51.2. The first kappa shape index (κ1) is 23.8. The van der Waals surface area contributed by atoms with Gasteiger partial charge in [0.15, 0.2) is 0 Å². The zero-order valence-electron chi connectivity index (χ0n) is 16.2. The Morgan fingerprint density at radius 3 is 2.53 bits per heavy atom. The average Bonchev–Trinajstić information content (AvgIpc) is 2.68. The minimum atomic E-state index is -3.44. The lowest BCUT2D eigenvalue weighted by molar-refractivity contribution is -0.325. The van der Waals surface area contributed by atoms with Crippen LogP contribution in [-0.2, 0) is 14.3 Å². The van der Waals surface area contributed by atoms with Crippen molar-refractivity contribution in [3.63, 3.8) is 0 Å². The lowest BCUT2D eigenvalue weighted by atomic mass is 9.86. The fraction of sp³-hybridized carbons (Fsp3) is 0.556. The lowest BCUT2D eigenvalue weighted by Crippen LogP contribution is -2.72. The summed E-state index contributed by atoms with van der Waals surface area (Å²) in [4.78, 5) is 23.5. The summed E-state index contributed by atoms with van der Waals surface area (Å²) < 4.78 is 30.9. The van der Waals surface area contributed by atoms with E-state index < -0.39 is 60.9 Å². The molecule has 1 aliphatic heterocycles. The molecule has 0 spiro atoms. The number of hydrogen-bond acceptors (Lipinski definition) is 9. The van der Waals surface area contributed by atoms with Gasteiger partial charge in [-0.25, -0.2) is 9.18 Å². The number of benzene rings is 1. The number of hydrogen-bond donors (Lipinski definition) is 6. The van der Waals surface area contributed by atoms with E-state index in [1.165, 1.54) is 31.4 Å². The van der Waals surface area contributed by atoms with Gasteiger partial charge in [0.2, 0.25) is 11.8 Å². The van der Waals surface area contributed by atoms with E-state index >= 15 is 4.39 Å². The van der Waals surface area contributed by atoms with Crippen LogP contribution in [0.3, 0.4) is 0 Å². The van der Waals surface area contributed by atoms with Crippen molar-refractivity contribution in [1.82, 2.24) is 5.32 Å². The van der Waals surface area contributed by atoms with Gasteiger partial charge >= 0.3 is 11.8 Å². The number of aliphatic hydroxyl groups is 4. The number of aliphatic hydroxyl groups excluding tert-OH is 3. The molecule has 6 N–H and O–H groups in total. The summed E-state index contributed by atoms with van der Waals surface area (Å²) in [6.45, 7) is 0.00311. The molecule has 1 aliphatic rings. The molecule has 0 unspecified atom stereocenters. The van der Waals surface area contributed by atoms with E-state index in [-0.39, 0.29) is 11.5 Å². The summed E-state index contributed by atoms with van der Waals surface area (Å²) in [6, 6.07) is 3.61. The van der Waals surface area contributed by atoms with E-state index in [9.17, 15) is 30.0 Å². The second kappa shape index (κ2) is 9.10. The van der Waals surface area contributed by atoms with Gasteiger partial charge in [-0.15, -0.1) is 0 Å². The molecule has 0 saturated carbocycles. The molecule has 1 saturated heterocycles. The van der Waals surface area contributed by atoms with Gasteiger partial charge in [0, 0.05) is 13.0 Å². The molecule has 0 aliphatic carbocycles. The predicted molar refractivity (Wildman–Crippen MR) is 96.2 cm³/mol. The number of methoxy groups -OCH3 is 1. The van der Waals surface area contributed by atoms with E-state index in [2.05, 4.69) is 0 Å². The van der Waals surface area contributed by atoms with Crippen LogP contribution in [0.4, 0.5) is 4.39 Å². The third-order valence-corrected chi connectivity index (χ3v) is 4.54. The van der Waals surface area contributed by atoms with E-state index in [4.69, 9.17) is 19.3 Å². The maximum atomic E-state index is 15.2. The van der Waals surface area contributed by atoms with Gasteiger partial charge in [0.05, 0.1) is 20.1 Å². The Morgan fingerprint density at radius 2 is 2.00 bits per heavy atom. The second-order valence-electron chi connectivity index (χ2n) is 6.84. The third kappa shape index (κ3) is 4.96. The predicted octanol–water partition coefficient (Wildman–Crippen LogP) is -1.48. The Kier molecular flexibility index (Phi) is 7.21. The molecule has 0 bridgehead atoms. The Bertz CT molecular complexity index is 775. The van der Waals surface area contributed by atoms with Crippen molar-refractivity contribution in [2.75, 3.05) is 13.7 Å². The van der Waals surface area contributed by atoms with Crippen molar-refractivity contribution in [2.45, 2.75) is 49.3 Å². The zero-order chi connectivity index (χ0) is 22.7. The van der Waals surface area contributed by atoms with Gasteiger partial charge in [-0.2, -0.15) is 0 Å². The molecule has 168 valence electrons. The molecule has 1 aromatic carbocycles. The summed E-state index contributed by atoms with van der Waals surface area (Å²) >= 11 is 0. The second-order valence-corrected chi connectivity index (χ2v) is 6.84. The number of rotatable bonds is 8. The number of aliphatic carboxylic acids is 1. The van der Waals surface area contributed by atoms with Crippen LogP contribution in [0.2, 0.25) is 0 Å². The van der Waals surface area contributed by atoms with E-state index in [1.54, 1.807) is 0 Å². The van der Waals surface area contributed by atoms with Crippen molar-refractivity contribution < 1.29 is 53.7 Å². The molecule has 6 atom stereocenters. The van der Waals surface area contributed by atoms with Gasteiger partial charge < -0.3 is 45.1 Å². The molecule has 1 fully saturated rings. The maximum absolute atomic E-state index is 15.2. The third-order valence-electron chi connectivity index (χ3n) is 4.54. The normalized spacial score (nSPS) is 30.8. The maximum Gasteiger partial charge on any atom is 0.377 e. The number of nitrogens with one attached hydrogen (secondary N) is 1. The molecular weight excluding hydrogens is 409 g/mol. The van der Waals surface area contributed by atoms with Crippen LogP contribution in [0.25, 0.3) is 0 Å². The largest absolute Gasteiger partial charge is 0.497 e. The summed E-state index contributed by atoms with van der Waals surface area (Å²) in [5.74, 6) is -8.82. The van der Waals surface area contributed by atoms with Crippen LogP contribution in [-0.4, -0.2) is 87.1 Å². The van der Waals surface area contributed by atoms with Gasteiger partial charge in [0.25, 0.3) is 0 Å². The Balaban J connectivity index is 2.50. The Hall–Kier alpha value is -2.51. The smallest absolute Gasteiger partial charge is 0.377 e. The summed E-state index contributed by atoms with van der Waals surface area (Å²) in [6.07, 6.45) is -7.30. The number of carbonyl (C=O) groups is 2. The minimum Gasteiger partial charge on any atom is -0.497 e. The number of ether oxygens (including phenoxy) is 3. The van der Waals surface area contributed by atoms with Gasteiger partial charge in [-0.3, -0.25) is 4.79 Å².